The first-order valence-corrected chi connectivity index (χ1v) is 8.72. The topological polar surface area (TPSA) is 85.1 Å². The Kier molecular flexibility index (Phi) is 5.40. The van der Waals surface area contributed by atoms with Gasteiger partial charge in [0.1, 0.15) is 0 Å². The summed E-state index contributed by atoms with van der Waals surface area (Å²) in [5.74, 6) is -0.320. The molecule has 0 unspecified atom stereocenters. The highest BCUT2D eigenvalue weighted by atomic mass is 35.5. The Hall–Kier alpha value is -3.03. The van der Waals surface area contributed by atoms with Crippen LogP contribution in [0, 0.1) is 10.1 Å². The van der Waals surface area contributed by atoms with E-state index in [2.05, 4.69) is 10.3 Å². The summed E-state index contributed by atoms with van der Waals surface area (Å²) in [5, 5.41) is 16.3. The molecule has 2 aromatic carbocycles. The summed E-state index contributed by atoms with van der Waals surface area (Å²) in [4.78, 5) is 26.7. The molecule has 0 atom stereocenters. The van der Waals surface area contributed by atoms with Crippen molar-refractivity contribution in [2.24, 2.45) is 0 Å². The Labute approximate surface area is 157 Å². The third kappa shape index (κ3) is 4.53. The molecule has 130 valence electrons. The average molecular weight is 386 g/mol. The largest absolute Gasteiger partial charge is 0.298 e. The van der Waals surface area contributed by atoms with Gasteiger partial charge in [-0.1, -0.05) is 35.9 Å². The number of nitrogens with zero attached hydrogens (tertiary/aromatic N) is 2. The van der Waals surface area contributed by atoms with Gasteiger partial charge in [0.25, 0.3) is 5.69 Å². The number of rotatable bonds is 5. The molecule has 0 saturated carbocycles. The minimum Gasteiger partial charge on any atom is -0.298 e. The molecule has 8 heteroatoms. The SMILES string of the molecule is O=C(C=Cc1ccc(Cl)cc1)Nc1nc(-c2cccc([N+](=O)[O-])c2)cs1. The van der Waals surface area contributed by atoms with E-state index in [1.165, 1.54) is 29.5 Å². The van der Waals surface area contributed by atoms with Crippen LogP contribution >= 0.6 is 22.9 Å². The van der Waals surface area contributed by atoms with Crippen molar-refractivity contribution >= 4 is 45.7 Å². The van der Waals surface area contributed by atoms with Gasteiger partial charge in [-0.05, 0) is 23.8 Å². The Bertz CT molecular complexity index is 983. The molecule has 6 nitrogen and oxygen atoms in total. The predicted molar refractivity (Wildman–Crippen MR) is 103 cm³/mol. The predicted octanol–water partition coefficient (Wildman–Crippen LogP) is 5.02. The van der Waals surface area contributed by atoms with Gasteiger partial charge in [0.05, 0.1) is 10.6 Å². The monoisotopic (exact) mass is 385 g/mol. The first-order chi connectivity index (χ1) is 12.5. The second kappa shape index (κ2) is 7.90. The first kappa shape index (κ1) is 17.8. The number of hydrogen-bond acceptors (Lipinski definition) is 5. The lowest BCUT2D eigenvalue weighted by Gasteiger charge is -1.98. The number of amides is 1. The number of carbonyl (C=O) groups is 1. The maximum atomic E-state index is 12.0. The summed E-state index contributed by atoms with van der Waals surface area (Å²) >= 11 is 7.06. The number of aromatic nitrogens is 1. The zero-order valence-corrected chi connectivity index (χ0v) is 14.8. The van der Waals surface area contributed by atoms with Crippen molar-refractivity contribution in [3.63, 3.8) is 0 Å². The third-order valence-electron chi connectivity index (χ3n) is 3.38. The molecule has 3 aromatic rings. The van der Waals surface area contributed by atoms with E-state index in [1.54, 1.807) is 47.9 Å². The van der Waals surface area contributed by atoms with Crippen molar-refractivity contribution in [1.82, 2.24) is 4.98 Å². The lowest BCUT2D eigenvalue weighted by Crippen LogP contribution is -2.07. The van der Waals surface area contributed by atoms with Gasteiger partial charge < -0.3 is 0 Å². The number of nitro groups is 1. The Morgan fingerprint density at radius 2 is 2.00 bits per heavy atom. The standard InChI is InChI=1S/C18H12ClN3O3S/c19-14-7-4-12(5-8-14)6-9-17(23)21-18-20-16(11-26-18)13-2-1-3-15(10-13)22(24)25/h1-11H,(H,20,21,23). The van der Waals surface area contributed by atoms with Gasteiger partial charge in [-0.25, -0.2) is 4.98 Å². The summed E-state index contributed by atoms with van der Waals surface area (Å²) in [6.07, 6.45) is 3.07. The van der Waals surface area contributed by atoms with Crippen molar-refractivity contribution < 1.29 is 9.72 Å². The molecule has 1 heterocycles. The van der Waals surface area contributed by atoms with E-state index in [9.17, 15) is 14.9 Å². The van der Waals surface area contributed by atoms with E-state index in [1.807, 2.05) is 0 Å². The average Bonchev–Trinajstić information content (AvgIpc) is 3.10. The van der Waals surface area contributed by atoms with E-state index in [0.717, 1.165) is 5.56 Å². The Morgan fingerprint density at radius 3 is 2.73 bits per heavy atom. The van der Waals surface area contributed by atoms with Crippen LogP contribution in [0.25, 0.3) is 17.3 Å². The fourth-order valence-electron chi connectivity index (χ4n) is 2.14. The maximum Gasteiger partial charge on any atom is 0.270 e. The summed E-state index contributed by atoms with van der Waals surface area (Å²) in [7, 11) is 0. The summed E-state index contributed by atoms with van der Waals surface area (Å²) in [6, 6.07) is 13.3. The summed E-state index contributed by atoms with van der Waals surface area (Å²) < 4.78 is 0. The second-order valence-corrected chi connectivity index (χ2v) is 6.51. The zero-order valence-electron chi connectivity index (χ0n) is 13.3. The number of carbonyl (C=O) groups excluding carboxylic acids is 1. The van der Waals surface area contributed by atoms with E-state index in [4.69, 9.17) is 11.6 Å². The van der Waals surface area contributed by atoms with Crippen LogP contribution in [-0.2, 0) is 4.79 Å². The van der Waals surface area contributed by atoms with Gasteiger partial charge in [-0.2, -0.15) is 0 Å². The van der Waals surface area contributed by atoms with Gasteiger partial charge in [0.2, 0.25) is 5.91 Å². The van der Waals surface area contributed by atoms with Crippen LogP contribution in [0.4, 0.5) is 10.8 Å². The Balaban J connectivity index is 1.68. The van der Waals surface area contributed by atoms with E-state index in [-0.39, 0.29) is 11.6 Å². The lowest BCUT2D eigenvalue weighted by molar-refractivity contribution is -0.384. The van der Waals surface area contributed by atoms with Crippen molar-refractivity contribution in [2.45, 2.75) is 0 Å². The molecule has 0 aliphatic heterocycles. The normalized spacial score (nSPS) is 10.8. The number of thiazole rings is 1. The van der Waals surface area contributed by atoms with Crippen LogP contribution in [0.15, 0.2) is 60.0 Å². The smallest absolute Gasteiger partial charge is 0.270 e. The molecule has 1 N–H and O–H groups in total. The van der Waals surface area contributed by atoms with Gasteiger partial charge in [0, 0.05) is 34.2 Å². The Morgan fingerprint density at radius 1 is 1.23 bits per heavy atom. The fourth-order valence-corrected chi connectivity index (χ4v) is 2.98. The van der Waals surface area contributed by atoms with Gasteiger partial charge >= 0.3 is 0 Å². The third-order valence-corrected chi connectivity index (χ3v) is 4.39. The van der Waals surface area contributed by atoms with Crippen LogP contribution < -0.4 is 5.32 Å². The van der Waals surface area contributed by atoms with E-state index >= 15 is 0 Å². The number of hydrogen-bond donors (Lipinski definition) is 1. The van der Waals surface area contributed by atoms with E-state index in [0.29, 0.717) is 21.4 Å². The van der Waals surface area contributed by atoms with Crippen LogP contribution in [-0.4, -0.2) is 15.8 Å². The van der Waals surface area contributed by atoms with Crippen LogP contribution in [0.5, 0.6) is 0 Å². The molecular formula is C18H12ClN3O3S. The minimum atomic E-state index is -0.458. The lowest BCUT2D eigenvalue weighted by atomic mass is 10.1. The zero-order chi connectivity index (χ0) is 18.5. The molecule has 0 radical (unpaired) electrons. The van der Waals surface area contributed by atoms with Crippen LogP contribution in [0.3, 0.4) is 0 Å². The molecule has 1 aromatic heterocycles. The summed E-state index contributed by atoms with van der Waals surface area (Å²) in [6.45, 7) is 0. The fraction of sp³-hybridized carbons (Fsp3) is 0. The quantitative estimate of drug-likeness (QED) is 0.379. The molecular weight excluding hydrogens is 374 g/mol. The second-order valence-electron chi connectivity index (χ2n) is 5.22. The van der Waals surface area contributed by atoms with E-state index < -0.39 is 4.92 Å². The highest BCUT2D eigenvalue weighted by Crippen LogP contribution is 2.27. The van der Waals surface area contributed by atoms with Crippen LogP contribution in [0.2, 0.25) is 5.02 Å². The number of nitro benzene ring substituents is 1. The highest BCUT2D eigenvalue weighted by Gasteiger charge is 2.10. The molecule has 1 amide bonds. The van der Waals surface area contributed by atoms with Crippen molar-refractivity contribution in [3.8, 4) is 11.3 Å². The molecule has 3 rings (SSSR count). The molecule has 0 aliphatic carbocycles. The molecule has 0 spiro atoms. The van der Waals surface area contributed by atoms with Crippen molar-refractivity contribution in [1.29, 1.82) is 0 Å². The summed E-state index contributed by atoms with van der Waals surface area (Å²) in [5.41, 5.74) is 2.02. The number of benzene rings is 2. The van der Waals surface area contributed by atoms with Crippen LogP contribution in [0.1, 0.15) is 5.56 Å². The maximum absolute atomic E-state index is 12.0. The first-order valence-electron chi connectivity index (χ1n) is 7.46. The highest BCUT2D eigenvalue weighted by molar-refractivity contribution is 7.14. The van der Waals surface area contributed by atoms with Gasteiger partial charge in [-0.3, -0.25) is 20.2 Å². The number of anilines is 1. The number of nitrogens with one attached hydrogen (secondary N) is 1. The van der Waals surface area contributed by atoms with Crippen molar-refractivity contribution in [2.75, 3.05) is 5.32 Å². The van der Waals surface area contributed by atoms with Gasteiger partial charge in [0.15, 0.2) is 5.13 Å². The number of non-ortho nitro benzene ring substituents is 1. The van der Waals surface area contributed by atoms with Gasteiger partial charge in [-0.15, -0.1) is 11.3 Å². The molecule has 26 heavy (non-hydrogen) atoms. The van der Waals surface area contributed by atoms with Crippen molar-refractivity contribution in [3.05, 3.63) is 80.7 Å². The molecule has 0 fully saturated rings. The molecule has 0 aliphatic rings. The number of halogens is 1. The molecule has 0 bridgehead atoms. The molecule has 0 saturated heterocycles. The minimum absolute atomic E-state index is 0.00742.